The highest BCUT2D eigenvalue weighted by molar-refractivity contribution is 5.11. The molecule has 0 radical (unpaired) electrons. The molecule has 1 N–H and O–H groups in total. The molecule has 0 amide bonds. The Hall–Kier alpha value is -0.930. The molecule has 1 aliphatic heterocycles. The maximum absolute atomic E-state index is 4.67. The van der Waals surface area contributed by atoms with E-state index in [0.29, 0.717) is 5.41 Å². The fourth-order valence-electron chi connectivity index (χ4n) is 2.49. The SMILES string of the molecule is CNCc1cccc(CN2CCC(C)(C)C2)n1. The summed E-state index contributed by atoms with van der Waals surface area (Å²) in [6.45, 7) is 8.91. The molecular weight excluding hydrogens is 210 g/mol. The van der Waals surface area contributed by atoms with E-state index in [1.165, 1.54) is 25.2 Å². The Morgan fingerprint density at radius 2 is 2.12 bits per heavy atom. The van der Waals surface area contributed by atoms with Crippen LogP contribution in [0.5, 0.6) is 0 Å². The van der Waals surface area contributed by atoms with Crippen molar-refractivity contribution in [1.29, 1.82) is 0 Å². The van der Waals surface area contributed by atoms with Crippen molar-refractivity contribution in [2.75, 3.05) is 20.1 Å². The summed E-state index contributed by atoms with van der Waals surface area (Å²) < 4.78 is 0. The van der Waals surface area contributed by atoms with Crippen molar-refractivity contribution < 1.29 is 0 Å². The van der Waals surface area contributed by atoms with Crippen LogP contribution in [-0.4, -0.2) is 30.0 Å². The molecule has 1 aliphatic rings. The molecule has 94 valence electrons. The number of hydrogen-bond acceptors (Lipinski definition) is 3. The van der Waals surface area contributed by atoms with E-state index < -0.39 is 0 Å². The summed E-state index contributed by atoms with van der Waals surface area (Å²) in [6.07, 6.45) is 1.29. The number of pyridine rings is 1. The predicted octanol–water partition coefficient (Wildman–Crippen LogP) is 2.03. The van der Waals surface area contributed by atoms with Crippen LogP contribution in [0.4, 0.5) is 0 Å². The molecule has 0 unspecified atom stereocenters. The summed E-state index contributed by atoms with van der Waals surface area (Å²) in [5.74, 6) is 0. The van der Waals surface area contributed by atoms with Crippen molar-refractivity contribution in [2.45, 2.75) is 33.4 Å². The minimum Gasteiger partial charge on any atom is -0.314 e. The molecule has 1 aromatic heterocycles. The van der Waals surface area contributed by atoms with Crippen molar-refractivity contribution in [1.82, 2.24) is 15.2 Å². The Bertz CT molecular complexity index is 373. The molecule has 0 spiro atoms. The highest BCUT2D eigenvalue weighted by atomic mass is 15.2. The van der Waals surface area contributed by atoms with Gasteiger partial charge in [0.1, 0.15) is 0 Å². The lowest BCUT2D eigenvalue weighted by atomic mass is 9.93. The molecule has 0 atom stereocenters. The zero-order valence-corrected chi connectivity index (χ0v) is 11.2. The second-order valence-electron chi connectivity index (χ2n) is 5.78. The Morgan fingerprint density at radius 1 is 1.35 bits per heavy atom. The molecule has 0 bridgehead atoms. The van der Waals surface area contributed by atoms with Gasteiger partial charge in [0.05, 0.1) is 11.4 Å². The number of nitrogens with zero attached hydrogens (tertiary/aromatic N) is 2. The molecule has 1 fully saturated rings. The van der Waals surface area contributed by atoms with E-state index >= 15 is 0 Å². The highest BCUT2D eigenvalue weighted by Crippen LogP contribution is 2.29. The molecule has 17 heavy (non-hydrogen) atoms. The Balaban J connectivity index is 1.97. The maximum Gasteiger partial charge on any atom is 0.0547 e. The Kier molecular flexibility index (Phi) is 3.79. The minimum atomic E-state index is 0.475. The fraction of sp³-hybridized carbons (Fsp3) is 0.643. The largest absolute Gasteiger partial charge is 0.314 e. The number of hydrogen-bond donors (Lipinski definition) is 1. The van der Waals surface area contributed by atoms with E-state index in [1.807, 2.05) is 7.05 Å². The van der Waals surface area contributed by atoms with E-state index in [-0.39, 0.29) is 0 Å². The van der Waals surface area contributed by atoms with Crippen LogP contribution in [0, 0.1) is 5.41 Å². The normalized spacial score (nSPS) is 19.7. The van der Waals surface area contributed by atoms with Crippen LogP contribution in [-0.2, 0) is 13.1 Å². The summed E-state index contributed by atoms with van der Waals surface area (Å²) >= 11 is 0. The molecular formula is C14H23N3. The third-order valence-corrected chi connectivity index (χ3v) is 3.36. The molecule has 1 aromatic rings. The zero-order chi connectivity index (χ0) is 12.3. The lowest BCUT2D eigenvalue weighted by Crippen LogP contribution is -2.23. The molecule has 2 heterocycles. The van der Waals surface area contributed by atoms with Crippen molar-refractivity contribution in [3.63, 3.8) is 0 Å². The van der Waals surface area contributed by atoms with E-state index in [4.69, 9.17) is 0 Å². The van der Waals surface area contributed by atoms with Gasteiger partial charge in [0, 0.05) is 19.6 Å². The second kappa shape index (κ2) is 5.15. The number of aromatic nitrogens is 1. The molecule has 3 nitrogen and oxygen atoms in total. The van der Waals surface area contributed by atoms with E-state index in [2.05, 4.69) is 47.2 Å². The Labute approximate surface area is 104 Å². The zero-order valence-electron chi connectivity index (χ0n) is 11.2. The number of nitrogens with one attached hydrogen (secondary N) is 1. The summed E-state index contributed by atoms with van der Waals surface area (Å²) in [4.78, 5) is 7.18. The van der Waals surface area contributed by atoms with Gasteiger partial charge in [0.25, 0.3) is 0 Å². The maximum atomic E-state index is 4.67. The smallest absolute Gasteiger partial charge is 0.0547 e. The molecule has 1 saturated heterocycles. The third kappa shape index (κ3) is 3.51. The van der Waals surface area contributed by atoms with Gasteiger partial charge in [-0.3, -0.25) is 9.88 Å². The summed E-state index contributed by atoms with van der Waals surface area (Å²) in [5, 5.41) is 3.14. The van der Waals surface area contributed by atoms with E-state index in [1.54, 1.807) is 0 Å². The van der Waals surface area contributed by atoms with Gasteiger partial charge in [-0.2, -0.15) is 0 Å². The van der Waals surface area contributed by atoms with E-state index in [9.17, 15) is 0 Å². The van der Waals surface area contributed by atoms with Crippen molar-refractivity contribution in [3.05, 3.63) is 29.6 Å². The highest BCUT2D eigenvalue weighted by Gasteiger charge is 2.28. The average Bonchev–Trinajstić information content (AvgIpc) is 2.59. The molecule has 0 aliphatic carbocycles. The average molecular weight is 233 g/mol. The Morgan fingerprint density at radius 3 is 2.76 bits per heavy atom. The van der Waals surface area contributed by atoms with E-state index in [0.717, 1.165) is 18.8 Å². The van der Waals surface area contributed by atoms with Crippen molar-refractivity contribution in [2.24, 2.45) is 5.41 Å². The summed E-state index contributed by atoms with van der Waals surface area (Å²) in [7, 11) is 1.96. The van der Waals surface area contributed by atoms with Crippen LogP contribution in [0.15, 0.2) is 18.2 Å². The van der Waals surface area contributed by atoms with Crippen LogP contribution in [0.3, 0.4) is 0 Å². The van der Waals surface area contributed by atoms with Gasteiger partial charge in [0.15, 0.2) is 0 Å². The standard InChI is InChI=1S/C14H23N3/c1-14(2)7-8-17(11-14)10-13-6-4-5-12(16-13)9-15-3/h4-6,15H,7-11H2,1-3H3. The van der Waals surface area contributed by atoms with Gasteiger partial charge in [-0.15, -0.1) is 0 Å². The lowest BCUT2D eigenvalue weighted by Gasteiger charge is -2.19. The number of rotatable bonds is 4. The topological polar surface area (TPSA) is 28.2 Å². The van der Waals surface area contributed by atoms with Crippen LogP contribution >= 0.6 is 0 Å². The van der Waals surface area contributed by atoms with Crippen molar-refractivity contribution >= 4 is 0 Å². The van der Waals surface area contributed by atoms with Gasteiger partial charge in [-0.1, -0.05) is 19.9 Å². The van der Waals surface area contributed by atoms with Crippen LogP contribution in [0.25, 0.3) is 0 Å². The lowest BCUT2D eigenvalue weighted by molar-refractivity contribution is 0.281. The second-order valence-corrected chi connectivity index (χ2v) is 5.78. The van der Waals surface area contributed by atoms with Gasteiger partial charge in [-0.25, -0.2) is 0 Å². The third-order valence-electron chi connectivity index (χ3n) is 3.36. The first-order chi connectivity index (χ1) is 8.09. The quantitative estimate of drug-likeness (QED) is 0.862. The number of likely N-dealkylation sites (tertiary alicyclic amines) is 1. The first-order valence-corrected chi connectivity index (χ1v) is 6.41. The van der Waals surface area contributed by atoms with Crippen LogP contribution in [0.2, 0.25) is 0 Å². The first-order valence-electron chi connectivity index (χ1n) is 6.41. The molecule has 2 rings (SSSR count). The first kappa shape index (κ1) is 12.5. The summed E-state index contributed by atoms with van der Waals surface area (Å²) in [5.41, 5.74) is 2.79. The molecule has 0 saturated carbocycles. The fourth-order valence-corrected chi connectivity index (χ4v) is 2.49. The monoisotopic (exact) mass is 233 g/mol. The van der Waals surface area contributed by atoms with Gasteiger partial charge in [0.2, 0.25) is 0 Å². The van der Waals surface area contributed by atoms with Crippen molar-refractivity contribution in [3.8, 4) is 0 Å². The minimum absolute atomic E-state index is 0.475. The predicted molar refractivity (Wildman–Crippen MR) is 70.7 cm³/mol. The molecule has 3 heteroatoms. The van der Waals surface area contributed by atoms with Gasteiger partial charge < -0.3 is 5.32 Å². The molecule has 0 aromatic carbocycles. The van der Waals surface area contributed by atoms with Crippen LogP contribution in [0.1, 0.15) is 31.7 Å². The van der Waals surface area contributed by atoms with Gasteiger partial charge in [-0.05, 0) is 37.6 Å². The summed E-state index contributed by atoms with van der Waals surface area (Å²) in [6, 6.07) is 6.31. The van der Waals surface area contributed by atoms with Crippen LogP contribution < -0.4 is 5.32 Å². The van der Waals surface area contributed by atoms with Gasteiger partial charge >= 0.3 is 0 Å².